The molecule has 1 heterocycles. The molecular formula is C34H49N3O6. The van der Waals surface area contributed by atoms with E-state index >= 15 is 0 Å². The van der Waals surface area contributed by atoms with Crippen LogP contribution in [0.15, 0.2) is 60.7 Å². The van der Waals surface area contributed by atoms with Gasteiger partial charge in [-0.25, -0.2) is 4.79 Å². The van der Waals surface area contributed by atoms with Crippen LogP contribution in [0.1, 0.15) is 58.6 Å². The van der Waals surface area contributed by atoms with E-state index in [2.05, 4.69) is 10.6 Å². The number of alkyl carbamates (subject to hydrolysis) is 1. The highest BCUT2D eigenvalue weighted by Gasteiger charge is 2.34. The summed E-state index contributed by atoms with van der Waals surface area (Å²) < 4.78 is 10.9. The predicted octanol–water partition coefficient (Wildman–Crippen LogP) is 4.12. The molecule has 1 aliphatic heterocycles. The van der Waals surface area contributed by atoms with Crippen molar-refractivity contribution in [2.24, 2.45) is 11.8 Å². The molecule has 4 atom stereocenters. The van der Waals surface area contributed by atoms with E-state index in [1.165, 1.54) is 0 Å². The molecule has 4 unspecified atom stereocenters. The standard InChI is InChI=1S/C34H49N3O6/c1-24(2)20-27(23-30(38)37-16-18-42-19-17-37)32(40)35-28(21-25-12-8-6-9-13-25)31(39)29(22-26-14-10-7-11-15-26)36-33(41)43-34(3,4)5/h6-15,24,27-29,31,39H,16-23H2,1-5H3,(H,35,40)(H,36,41). The monoisotopic (exact) mass is 595 g/mol. The molecule has 1 aliphatic rings. The molecule has 3 rings (SSSR count). The van der Waals surface area contributed by atoms with Gasteiger partial charge in [-0.1, -0.05) is 74.5 Å². The van der Waals surface area contributed by atoms with Crippen molar-refractivity contribution in [1.82, 2.24) is 15.5 Å². The number of aliphatic hydroxyl groups is 1. The summed E-state index contributed by atoms with van der Waals surface area (Å²) in [6.07, 6.45) is -0.534. The zero-order valence-electron chi connectivity index (χ0n) is 26.3. The fourth-order valence-electron chi connectivity index (χ4n) is 5.30. The molecule has 9 nitrogen and oxygen atoms in total. The van der Waals surface area contributed by atoms with E-state index < -0.39 is 35.8 Å². The Labute approximate surface area is 256 Å². The minimum atomic E-state index is -1.16. The smallest absolute Gasteiger partial charge is 0.407 e. The number of benzene rings is 2. The lowest BCUT2D eigenvalue weighted by molar-refractivity contribution is -0.140. The third kappa shape index (κ3) is 12.0. The van der Waals surface area contributed by atoms with E-state index in [1.54, 1.807) is 25.7 Å². The van der Waals surface area contributed by atoms with E-state index in [4.69, 9.17) is 9.47 Å². The van der Waals surface area contributed by atoms with Crippen molar-refractivity contribution in [2.45, 2.75) is 84.1 Å². The normalized spacial score (nSPS) is 16.6. The number of nitrogens with one attached hydrogen (secondary N) is 2. The van der Waals surface area contributed by atoms with E-state index in [-0.39, 0.29) is 24.2 Å². The third-order valence-corrected chi connectivity index (χ3v) is 7.36. The molecule has 1 saturated heterocycles. The number of carbonyl (C=O) groups excluding carboxylic acids is 3. The second-order valence-corrected chi connectivity index (χ2v) is 12.8. The lowest BCUT2D eigenvalue weighted by Gasteiger charge is -2.33. The Balaban J connectivity index is 1.86. The summed E-state index contributed by atoms with van der Waals surface area (Å²) in [5.41, 5.74) is 1.12. The number of carbonyl (C=O) groups is 3. The number of hydrogen-bond donors (Lipinski definition) is 3. The van der Waals surface area contributed by atoms with Crippen LogP contribution in [0.2, 0.25) is 0 Å². The van der Waals surface area contributed by atoms with Gasteiger partial charge in [0.2, 0.25) is 11.8 Å². The van der Waals surface area contributed by atoms with Gasteiger partial charge >= 0.3 is 6.09 Å². The van der Waals surface area contributed by atoms with Crippen LogP contribution in [0.5, 0.6) is 0 Å². The molecule has 0 aromatic heterocycles. The van der Waals surface area contributed by atoms with Crippen LogP contribution in [-0.2, 0) is 31.9 Å². The highest BCUT2D eigenvalue weighted by Crippen LogP contribution is 2.20. The fourth-order valence-corrected chi connectivity index (χ4v) is 5.30. The molecule has 2 aromatic rings. The van der Waals surface area contributed by atoms with E-state index in [0.29, 0.717) is 45.6 Å². The van der Waals surface area contributed by atoms with E-state index in [0.717, 1.165) is 11.1 Å². The van der Waals surface area contributed by atoms with Gasteiger partial charge in [-0.15, -0.1) is 0 Å². The molecule has 43 heavy (non-hydrogen) atoms. The van der Waals surface area contributed by atoms with Gasteiger partial charge in [0.1, 0.15) is 5.60 Å². The van der Waals surface area contributed by atoms with Crippen molar-refractivity contribution in [2.75, 3.05) is 26.3 Å². The Kier molecular flexibility index (Phi) is 13.0. The van der Waals surface area contributed by atoms with Gasteiger partial charge < -0.3 is 30.1 Å². The Morgan fingerprint density at radius 1 is 0.884 bits per heavy atom. The zero-order chi connectivity index (χ0) is 31.4. The molecule has 2 aromatic carbocycles. The maximum Gasteiger partial charge on any atom is 0.407 e. The molecule has 0 aliphatic carbocycles. The second-order valence-electron chi connectivity index (χ2n) is 12.8. The van der Waals surface area contributed by atoms with Gasteiger partial charge in [0.25, 0.3) is 0 Å². The Morgan fingerprint density at radius 2 is 1.40 bits per heavy atom. The minimum absolute atomic E-state index is 0.0715. The summed E-state index contributed by atoms with van der Waals surface area (Å²) >= 11 is 0. The van der Waals surface area contributed by atoms with Gasteiger partial charge in [0.15, 0.2) is 0 Å². The Hall–Kier alpha value is -3.43. The van der Waals surface area contributed by atoms with Crippen molar-refractivity contribution >= 4 is 17.9 Å². The number of ether oxygens (including phenoxy) is 2. The van der Waals surface area contributed by atoms with Gasteiger partial charge in [-0.05, 0) is 57.1 Å². The molecule has 1 fully saturated rings. The van der Waals surface area contributed by atoms with Gasteiger partial charge in [-0.2, -0.15) is 0 Å². The molecule has 3 amide bonds. The lowest BCUT2D eigenvalue weighted by Crippen LogP contribution is -2.57. The first-order valence-electron chi connectivity index (χ1n) is 15.3. The van der Waals surface area contributed by atoms with Crippen molar-refractivity contribution < 1.29 is 29.0 Å². The van der Waals surface area contributed by atoms with Crippen LogP contribution >= 0.6 is 0 Å². The van der Waals surface area contributed by atoms with Crippen molar-refractivity contribution in [1.29, 1.82) is 0 Å². The molecule has 9 heteroatoms. The second kappa shape index (κ2) is 16.4. The molecule has 0 saturated carbocycles. The number of hydrogen-bond acceptors (Lipinski definition) is 6. The topological polar surface area (TPSA) is 117 Å². The average Bonchev–Trinajstić information content (AvgIpc) is 2.96. The summed E-state index contributed by atoms with van der Waals surface area (Å²) in [6, 6.07) is 17.7. The highest BCUT2D eigenvalue weighted by atomic mass is 16.6. The average molecular weight is 596 g/mol. The summed E-state index contributed by atoms with van der Waals surface area (Å²) in [5.74, 6) is -0.735. The van der Waals surface area contributed by atoms with E-state index in [9.17, 15) is 19.5 Å². The van der Waals surface area contributed by atoms with Crippen molar-refractivity contribution in [3.05, 3.63) is 71.8 Å². The van der Waals surface area contributed by atoms with Crippen LogP contribution in [0.25, 0.3) is 0 Å². The summed E-state index contributed by atoms with van der Waals surface area (Å²) in [7, 11) is 0. The van der Waals surface area contributed by atoms with Crippen LogP contribution in [0, 0.1) is 11.8 Å². The maximum absolute atomic E-state index is 13.9. The van der Waals surface area contributed by atoms with Crippen molar-refractivity contribution in [3.63, 3.8) is 0 Å². The summed E-state index contributed by atoms with van der Waals surface area (Å²) in [6.45, 7) is 11.4. The Bertz CT molecular complexity index is 1150. The number of amides is 3. The maximum atomic E-state index is 13.9. The largest absolute Gasteiger partial charge is 0.444 e. The first-order valence-corrected chi connectivity index (χ1v) is 15.3. The molecule has 3 N–H and O–H groups in total. The lowest BCUT2D eigenvalue weighted by atomic mass is 9.89. The Morgan fingerprint density at radius 3 is 1.88 bits per heavy atom. The number of morpholine rings is 1. The molecule has 0 radical (unpaired) electrons. The number of nitrogens with zero attached hydrogens (tertiary/aromatic N) is 1. The molecular weight excluding hydrogens is 546 g/mol. The van der Waals surface area contributed by atoms with Crippen LogP contribution < -0.4 is 10.6 Å². The summed E-state index contributed by atoms with van der Waals surface area (Å²) in [5, 5.41) is 17.8. The predicted molar refractivity (Wildman–Crippen MR) is 166 cm³/mol. The van der Waals surface area contributed by atoms with Crippen molar-refractivity contribution in [3.8, 4) is 0 Å². The number of rotatable bonds is 13. The first-order chi connectivity index (χ1) is 20.4. The third-order valence-electron chi connectivity index (χ3n) is 7.36. The van der Waals surface area contributed by atoms with Crippen LogP contribution in [0.4, 0.5) is 4.79 Å². The number of aliphatic hydroxyl groups excluding tert-OH is 1. The first kappa shape index (κ1) is 34.1. The van der Waals surface area contributed by atoms with Crippen LogP contribution in [-0.4, -0.2) is 78.0 Å². The molecule has 236 valence electrons. The molecule has 0 spiro atoms. The highest BCUT2D eigenvalue weighted by molar-refractivity contribution is 5.86. The van der Waals surface area contributed by atoms with Gasteiger partial charge in [-0.3, -0.25) is 9.59 Å². The van der Waals surface area contributed by atoms with Crippen LogP contribution in [0.3, 0.4) is 0 Å². The quantitative estimate of drug-likeness (QED) is 0.321. The SMILES string of the molecule is CC(C)CC(CC(=O)N1CCOCC1)C(=O)NC(Cc1ccccc1)C(O)C(Cc1ccccc1)NC(=O)OC(C)(C)C. The van der Waals surface area contributed by atoms with E-state index in [1.807, 2.05) is 74.5 Å². The summed E-state index contributed by atoms with van der Waals surface area (Å²) in [4.78, 5) is 41.6. The molecule has 0 bridgehead atoms. The van der Waals surface area contributed by atoms with Gasteiger partial charge in [0, 0.05) is 25.4 Å². The van der Waals surface area contributed by atoms with Gasteiger partial charge in [0.05, 0.1) is 31.4 Å². The minimum Gasteiger partial charge on any atom is -0.444 e. The fraction of sp³-hybridized carbons (Fsp3) is 0.559. The zero-order valence-corrected chi connectivity index (χ0v) is 26.3.